The van der Waals surface area contributed by atoms with Gasteiger partial charge in [0.05, 0.1) is 0 Å². The van der Waals surface area contributed by atoms with Crippen molar-refractivity contribution in [2.24, 2.45) is 5.73 Å². The van der Waals surface area contributed by atoms with E-state index in [1.54, 1.807) is 0 Å². The molecule has 4 rings (SSSR count). The second-order valence-corrected chi connectivity index (χ2v) is 6.41. The van der Waals surface area contributed by atoms with Crippen molar-refractivity contribution in [3.63, 3.8) is 0 Å². The van der Waals surface area contributed by atoms with Gasteiger partial charge in [-0.05, 0) is 36.2 Å². The largest absolute Gasteiger partial charge is 0.356 e. The van der Waals surface area contributed by atoms with Crippen LogP contribution in [0.3, 0.4) is 0 Å². The van der Waals surface area contributed by atoms with Gasteiger partial charge < -0.3 is 10.3 Å². The van der Waals surface area contributed by atoms with Crippen LogP contribution in [0.4, 0.5) is 0 Å². The molecule has 0 unspecified atom stereocenters. The zero-order valence-corrected chi connectivity index (χ0v) is 15.9. The Morgan fingerprint density at radius 3 is 2.48 bits per heavy atom. The van der Waals surface area contributed by atoms with Crippen molar-refractivity contribution in [2.75, 3.05) is 0 Å². The van der Waals surface area contributed by atoms with Gasteiger partial charge in [0.1, 0.15) is 5.69 Å². The molecule has 2 aromatic carbocycles. The highest BCUT2D eigenvalue weighted by Gasteiger charge is 2.24. The van der Waals surface area contributed by atoms with Gasteiger partial charge in [0.15, 0.2) is 5.58 Å². The monoisotopic (exact) mass is 379 g/mol. The zero-order valence-electron chi connectivity index (χ0n) is 15.1. The molecule has 2 atom stereocenters. The van der Waals surface area contributed by atoms with Gasteiger partial charge in [-0.2, -0.15) is 0 Å². The van der Waals surface area contributed by atoms with E-state index in [1.165, 1.54) is 0 Å². The molecule has 0 bridgehead atoms. The van der Waals surface area contributed by atoms with Crippen LogP contribution in [-0.2, 0) is 0 Å². The fourth-order valence-electron chi connectivity index (χ4n) is 3.54. The van der Waals surface area contributed by atoms with Crippen LogP contribution >= 0.6 is 12.4 Å². The minimum Gasteiger partial charge on any atom is -0.356 e. The van der Waals surface area contributed by atoms with Gasteiger partial charge in [0, 0.05) is 34.8 Å². The van der Waals surface area contributed by atoms with Crippen molar-refractivity contribution >= 4 is 23.4 Å². The van der Waals surface area contributed by atoms with Gasteiger partial charge in [0.25, 0.3) is 0 Å². The van der Waals surface area contributed by atoms with E-state index in [9.17, 15) is 0 Å². The summed E-state index contributed by atoms with van der Waals surface area (Å²) in [5.41, 5.74) is 11.4. The van der Waals surface area contributed by atoms with E-state index in [4.69, 9.17) is 10.3 Å². The normalized spacial score (nSPS) is 13.1. The van der Waals surface area contributed by atoms with E-state index >= 15 is 0 Å². The number of benzene rings is 2. The SMILES string of the molecule is CC[C@H](c1ccccn1)[C@H](N)c1ccccc1-c1noc2ccccc12.Cl. The van der Waals surface area contributed by atoms with Crippen molar-refractivity contribution < 1.29 is 4.52 Å². The summed E-state index contributed by atoms with van der Waals surface area (Å²) in [6.45, 7) is 2.15. The average Bonchev–Trinajstić information content (AvgIpc) is 3.13. The van der Waals surface area contributed by atoms with Gasteiger partial charge >= 0.3 is 0 Å². The molecule has 0 radical (unpaired) electrons. The lowest BCUT2D eigenvalue weighted by Crippen LogP contribution is -2.21. The number of hydrogen-bond donors (Lipinski definition) is 1. The van der Waals surface area contributed by atoms with Crippen molar-refractivity contribution in [3.8, 4) is 11.3 Å². The lowest BCUT2D eigenvalue weighted by Gasteiger charge is -2.24. The zero-order chi connectivity index (χ0) is 17.9. The summed E-state index contributed by atoms with van der Waals surface area (Å²) in [5, 5.41) is 5.32. The van der Waals surface area contributed by atoms with E-state index in [0.717, 1.165) is 39.9 Å². The molecule has 0 aliphatic rings. The maximum Gasteiger partial charge on any atom is 0.167 e. The van der Waals surface area contributed by atoms with Crippen LogP contribution < -0.4 is 5.73 Å². The summed E-state index contributed by atoms with van der Waals surface area (Å²) < 4.78 is 5.51. The molecule has 0 spiro atoms. The number of hydrogen-bond acceptors (Lipinski definition) is 4. The molecule has 0 fully saturated rings. The van der Waals surface area contributed by atoms with E-state index in [1.807, 2.05) is 60.8 Å². The molecule has 27 heavy (non-hydrogen) atoms. The molecule has 2 heterocycles. The van der Waals surface area contributed by atoms with Gasteiger partial charge in [-0.1, -0.05) is 54.5 Å². The molecule has 0 saturated heterocycles. The van der Waals surface area contributed by atoms with Crippen molar-refractivity contribution in [1.29, 1.82) is 0 Å². The molecule has 0 amide bonds. The van der Waals surface area contributed by atoms with Crippen LogP contribution in [0.2, 0.25) is 0 Å². The first-order valence-electron chi connectivity index (χ1n) is 8.89. The fraction of sp³-hybridized carbons (Fsp3) is 0.182. The maximum atomic E-state index is 6.73. The van der Waals surface area contributed by atoms with E-state index in [-0.39, 0.29) is 24.4 Å². The van der Waals surface area contributed by atoms with E-state index < -0.39 is 0 Å². The van der Waals surface area contributed by atoms with Crippen molar-refractivity contribution in [2.45, 2.75) is 25.3 Å². The third-order valence-corrected chi connectivity index (χ3v) is 4.89. The third kappa shape index (κ3) is 3.59. The second-order valence-electron chi connectivity index (χ2n) is 6.41. The molecule has 2 aromatic heterocycles. The Kier molecular flexibility index (Phi) is 5.89. The van der Waals surface area contributed by atoms with Crippen LogP contribution in [0.15, 0.2) is 77.4 Å². The first-order valence-corrected chi connectivity index (χ1v) is 8.89. The number of nitrogens with two attached hydrogens (primary N) is 1. The Morgan fingerprint density at radius 1 is 0.963 bits per heavy atom. The lowest BCUT2D eigenvalue weighted by atomic mass is 9.85. The third-order valence-electron chi connectivity index (χ3n) is 4.89. The van der Waals surface area contributed by atoms with Crippen LogP contribution in [0, 0.1) is 0 Å². The summed E-state index contributed by atoms with van der Waals surface area (Å²) in [4.78, 5) is 4.52. The average molecular weight is 380 g/mol. The Morgan fingerprint density at radius 2 is 1.70 bits per heavy atom. The first-order chi connectivity index (χ1) is 12.8. The molecular weight excluding hydrogens is 358 g/mol. The fourth-order valence-corrected chi connectivity index (χ4v) is 3.54. The molecule has 5 heteroatoms. The predicted octanol–water partition coefficient (Wildman–Crippen LogP) is 5.51. The number of aromatic nitrogens is 2. The number of fused-ring (bicyclic) bond motifs is 1. The Balaban J connectivity index is 0.00000210. The minimum atomic E-state index is -0.179. The summed E-state index contributed by atoms with van der Waals surface area (Å²) in [6, 6.07) is 21.9. The highest BCUT2D eigenvalue weighted by Crippen LogP contribution is 2.37. The minimum absolute atomic E-state index is 0. The standard InChI is InChI=1S/C22H21N3O.ClH/c1-2-15(19-12-7-8-14-24-19)21(23)16-9-3-4-10-17(16)22-18-11-5-6-13-20(18)26-25-22;/h3-15,21H,2,23H2,1H3;1H/t15-,21+;/m1./s1. The second kappa shape index (κ2) is 8.33. The summed E-state index contributed by atoms with van der Waals surface area (Å²) in [6.07, 6.45) is 2.73. The summed E-state index contributed by atoms with van der Waals surface area (Å²) in [5.74, 6) is 0.135. The van der Waals surface area contributed by atoms with E-state index in [2.05, 4.69) is 29.2 Å². The molecule has 0 saturated carbocycles. The molecule has 2 N–H and O–H groups in total. The van der Waals surface area contributed by atoms with Gasteiger partial charge in [-0.3, -0.25) is 4.98 Å². The molecular formula is C22H22ClN3O. The molecule has 4 nitrogen and oxygen atoms in total. The lowest BCUT2D eigenvalue weighted by molar-refractivity contribution is 0.459. The Bertz CT molecular complexity index is 1020. The highest BCUT2D eigenvalue weighted by molar-refractivity contribution is 5.92. The molecule has 138 valence electrons. The predicted molar refractivity (Wildman–Crippen MR) is 111 cm³/mol. The first kappa shape index (κ1) is 19.1. The van der Waals surface area contributed by atoms with Crippen LogP contribution in [0.1, 0.15) is 36.6 Å². The molecule has 0 aliphatic heterocycles. The van der Waals surface area contributed by atoms with Gasteiger partial charge in [-0.15, -0.1) is 12.4 Å². The quantitative estimate of drug-likeness (QED) is 0.496. The molecule has 4 aromatic rings. The summed E-state index contributed by atoms with van der Waals surface area (Å²) >= 11 is 0. The van der Waals surface area contributed by atoms with Crippen molar-refractivity contribution in [1.82, 2.24) is 10.1 Å². The van der Waals surface area contributed by atoms with Crippen LogP contribution in [-0.4, -0.2) is 10.1 Å². The van der Waals surface area contributed by atoms with Crippen molar-refractivity contribution in [3.05, 3.63) is 84.2 Å². The number of nitrogens with zero attached hydrogens (tertiary/aromatic N) is 2. The topological polar surface area (TPSA) is 64.9 Å². The number of halogens is 1. The van der Waals surface area contributed by atoms with Crippen LogP contribution in [0.25, 0.3) is 22.2 Å². The van der Waals surface area contributed by atoms with Crippen LogP contribution in [0.5, 0.6) is 0 Å². The summed E-state index contributed by atoms with van der Waals surface area (Å²) in [7, 11) is 0. The smallest absolute Gasteiger partial charge is 0.167 e. The number of pyridine rings is 1. The number of para-hydroxylation sites is 1. The Labute approximate surface area is 164 Å². The maximum absolute atomic E-state index is 6.73. The molecule has 0 aliphatic carbocycles. The van der Waals surface area contributed by atoms with Gasteiger partial charge in [0.2, 0.25) is 0 Å². The highest BCUT2D eigenvalue weighted by atomic mass is 35.5. The Hall–Kier alpha value is -2.69. The van der Waals surface area contributed by atoms with E-state index in [0.29, 0.717) is 0 Å². The van der Waals surface area contributed by atoms with Gasteiger partial charge in [-0.25, -0.2) is 0 Å². The number of rotatable bonds is 5.